The number of aliphatic carboxylic acids is 1. The van der Waals surface area contributed by atoms with E-state index in [0.717, 1.165) is 9.80 Å². The highest BCUT2D eigenvalue weighted by molar-refractivity contribution is 5.91. The SMILES string of the molecule is CC(=O)NCC(=O)N(C)C(C(=O)O)N(C)C(=O)CNC(C)=O. The van der Waals surface area contributed by atoms with Gasteiger partial charge in [-0.2, -0.15) is 0 Å². The maximum atomic E-state index is 11.8. The van der Waals surface area contributed by atoms with Gasteiger partial charge in [0, 0.05) is 27.9 Å². The molecule has 0 spiro atoms. The summed E-state index contributed by atoms with van der Waals surface area (Å²) in [5.74, 6) is -3.66. The third-order valence-corrected chi connectivity index (χ3v) is 2.72. The lowest BCUT2D eigenvalue weighted by Crippen LogP contribution is -2.57. The fourth-order valence-electron chi connectivity index (χ4n) is 1.51. The van der Waals surface area contributed by atoms with Gasteiger partial charge in [0.15, 0.2) is 0 Å². The van der Waals surface area contributed by atoms with E-state index in [1.165, 1.54) is 27.9 Å². The van der Waals surface area contributed by atoms with Gasteiger partial charge in [0.2, 0.25) is 29.8 Å². The van der Waals surface area contributed by atoms with Crippen LogP contribution in [0.5, 0.6) is 0 Å². The van der Waals surface area contributed by atoms with E-state index in [1.54, 1.807) is 0 Å². The predicted molar refractivity (Wildman–Crippen MR) is 74.3 cm³/mol. The molecule has 0 aliphatic rings. The lowest BCUT2D eigenvalue weighted by Gasteiger charge is -2.32. The van der Waals surface area contributed by atoms with Crippen LogP contribution in [0.2, 0.25) is 0 Å². The summed E-state index contributed by atoms with van der Waals surface area (Å²) in [6.45, 7) is 1.66. The van der Waals surface area contributed by atoms with Gasteiger partial charge in [0.05, 0.1) is 13.1 Å². The maximum Gasteiger partial charge on any atom is 0.347 e. The Morgan fingerprint density at radius 2 is 1.18 bits per heavy atom. The summed E-state index contributed by atoms with van der Waals surface area (Å²) in [6.07, 6.45) is -1.55. The summed E-state index contributed by atoms with van der Waals surface area (Å²) in [4.78, 5) is 58.1. The van der Waals surface area contributed by atoms with E-state index < -0.39 is 35.8 Å². The third-order valence-electron chi connectivity index (χ3n) is 2.72. The molecular weight excluding hydrogens is 296 g/mol. The van der Waals surface area contributed by atoms with E-state index in [1.807, 2.05) is 0 Å². The van der Waals surface area contributed by atoms with E-state index in [-0.39, 0.29) is 13.1 Å². The molecule has 0 atom stereocenters. The summed E-state index contributed by atoms with van der Waals surface area (Å²) in [5, 5.41) is 13.7. The number of rotatable bonds is 7. The molecule has 4 amide bonds. The molecule has 0 saturated heterocycles. The van der Waals surface area contributed by atoms with Gasteiger partial charge >= 0.3 is 5.97 Å². The Kier molecular flexibility index (Phi) is 7.56. The molecule has 0 heterocycles. The highest BCUT2D eigenvalue weighted by Crippen LogP contribution is 2.04. The number of carbonyl (C=O) groups excluding carboxylic acids is 4. The number of amides is 4. The molecule has 0 unspecified atom stereocenters. The fourth-order valence-corrected chi connectivity index (χ4v) is 1.51. The Labute approximate surface area is 127 Å². The second-order valence-corrected chi connectivity index (χ2v) is 4.54. The van der Waals surface area contributed by atoms with Crippen LogP contribution >= 0.6 is 0 Å². The smallest absolute Gasteiger partial charge is 0.347 e. The molecule has 10 nitrogen and oxygen atoms in total. The monoisotopic (exact) mass is 316 g/mol. The zero-order valence-electron chi connectivity index (χ0n) is 12.9. The zero-order chi connectivity index (χ0) is 17.4. The molecule has 0 aromatic carbocycles. The first-order chi connectivity index (χ1) is 10.1. The molecule has 3 N–H and O–H groups in total. The van der Waals surface area contributed by atoms with Crippen molar-refractivity contribution in [2.24, 2.45) is 0 Å². The molecule has 0 rings (SSSR count). The fraction of sp³-hybridized carbons (Fsp3) is 0.583. The largest absolute Gasteiger partial charge is 0.478 e. The normalized spacial score (nSPS) is 9.86. The Morgan fingerprint density at radius 1 is 0.864 bits per heavy atom. The minimum Gasteiger partial charge on any atom is -0.478 e. The Morgan fingerprint density at radius 3 is 1.41 bits per heavy atom. The average Bonchev–Trinajstić information content (AvgIpc) is 2.41. The molecule has 0 aromatic heterocycles. The molecule has 124 valence electrons. The first-order valence-corrected chi connectivity index (χ1v) is 6.31. The third kappa shape index (κ3) is 6.20. The van der Waals surface area contributed by atoms with Gasteiger partial charge in [-0.25, -0.2) is 4.79 Å². The molecular formula is C12H20N4O6. The molecule has 10 heteroatoms. The summed E-state index contributed by atoms with van der Waals surface area (Å²) >= 11 is 0. The number of carboxylic acid groups (broad SMARTS) is 1. The van der Waals surface area contributed by atoms with E-state index in [4.69, 9.17) is 0 Å². The molecule has 0 radical (unpaired) electrons. The van der Waals surface area contributed by atoms with Gasteiger partial charge in [-0.3, -0.25) is 19.2 Å². The summed E-state index contributed by atoms with van der Waals surface area (Å²) in [7, 11) is 2.40. The summed E-state index contributed by atoms with van der Waals surface area (Å²) < 4.78 is 0. The van der Waals surface area contributed by atoms with Crippen LogP contribution in [0.1, 0.15) is 13.8 Å². The van der Waals surface area contributed by atoms with E-state index >= 15 is 0 Å². The first kappa shape index (κ1) is 19.4. The number of nitrogens with one attached hydrogen (secondary N) is 2. The van der Waals surface area contributed by atoms with Crippen molar-refractivity contribution in [2.75, 3.05) is 27.2 Å². The highest BCUT2D eigenvalue weighted by Gasteiger charge is 2.33. The number of hydrogen-bond donors (Lipinski definition) is 3. The summed E-state index contributed by atoms with van der Waals surface area (Å²) in [5.41, 5.74) is 0. The van der Waals surface area contributed by atoms with Crippen LogP contribution in [0.15, 0.2) is 0 Å². The molecule has 0 saturated carbocycles. The second-order valence-electron chi connectivity index (χ2n) is 4.54. The number of hydrogen-bond acceptors (Lipinski definition) is 5. The van der Waals surface area contributed by atoms with Crippen LogP contribution in [-0.4, -0.2) is 77.9 Å². The van der Waals surface area contributed by atoms with Gasteiger partial charge in [-0.05, 0) is 0 Å². The van der Waals surface area contributed by atoms with Crippen LogP contribution < -0.4 is 10.6 Å². The van der Waals surface area contributed by atoms with Gasteiger partial charge < -0.3 is 25.5 Å². The van der Waals surface area contributed by atoms with Crippen molar-refractivity contribution in [1.82, 2.24) is 20.4 Å². The van der Waals surface area contributed by atoms with Crippen molar-refractivity contribution in [3.63, 3.8) is 0 Å². The van der Waals surface area contributed by atoms with Crippen molar-refractivity contribution in [2.45, 2.75) is 20.0 Å². The number of carboxylic acids is 1. The molecule has 0 aliphatic heterocycles. The van der Waals surface area contributed by atoms with E-state index in [0.29, 0.717) is 0 Å². The quantitative estimate of drug-likeness (QED) is 0.447. The Balaban J connectivity index is 4.92. The van der Waals surface area contributed by atoms with Gasteiger partial charge in [-0.1, -0.05) is 0 Å². The van der Waals surface area contributed by atoms with Gasteiger partial charge in [-0.15, -0.1) is 0 Å². The predicted octanol–water partition coefficient (Wildman–Crippen LogP) is -2.41. The number of carbonyl (C=O) groups is 5. The van der Waals surface area contributed by atoms with E-state index in [9.17, 15) is 29.1 Å². The van der Waals surface area contributed by atoms with Gasteiger partial charge in [0.25, 0.3) is 0 Å². The standard InChI is InChI=1S/C12H20N4O6/c1-7(17)13-5-9(19)15(3)11(12(21)22)16(4)10(20)6-14-8(2)18/h11H,5-6H2,1-4H3,(H,13,17)(H,14,18)(H,21,22). The van der Waals surface area contributed by atoms with Crippen LogP contribution in [0.25, 0.3) is 0 Å². The molecule has 0 fully saturated rings. The first-order valence-electron chi connectivity index (χ1n) is 6.31. The van der Waals surface area contributed by atoms with Crippen LogP contribution in [0.3, 0.4) is 0 Å². The van der Waals surface area contributed by atoms with Crippen LogP contribution in [0, 0.1) is 0 Å². The van der Waals surface area contributed by atoms with Crippen molar-refractivity contribution in [3.8, 4) is 0 Å². The van der Waals surface area contributed by atoms with Crippen LogP contribution in [0.4, 0.5) is 0 Å². The molecule has 0 aliphatic carbocycles. The zero-order valence-corrected chi connectivity index (χ0v) is 12.9. The Bertz CT molecular complexity index is 442. The van der Waals surface area contributed by atoms with Gasteiger partial charge in [0.1, 0.15) is 0 Å². The van der Waals surface area contributed by atoms with Crippen molar-refractivity contribution < 1.29 is 29.1 Å². The van der Waals surface area contributed by atoms with Crippen molar-refractivity contribution in [1.29, 1.82) is 0 Å². The molecule has 0 bridgehead atoms. The summed E-state index contributed by atoms with van der Waals surface area (Å²) in [6, 6.07) is 0. The van der Waals surface area contributed by atoms with Crippen LogP contribution in [-0.2, 0) is 24.0 Å². The highest BCUT2D eigenvalue weighted by atomic mass is 16.4. The Hall–Kier alpha value is -2.65. The lowest BCUT2D eigenvalue weighted by molar-refractivity contribution is -0.161. The number of likely N-dealkylation sites (N-methyl/N-ethyl adjacent to an activating group) is 2. The number of nitrogens with zero attached hydrogens (tertiary/aromatic N) is 2. The minimum absolute atomic E-state index is 0.386. The second kappa shape index (κ2) is 8.60. The van der Waals surface area contributed by atoms with Crippen molar-refractivity contribution >= 4 is 29.6 Å². The van der Waals surface area contributed by atoms with Crippen molar-refractivity contribution in [3.05, 3.63) is 0 Å². The minimum atomic E-state index is -1.55. The lowest BCUT2D eigenvalue weighted by atomic mass is 10.3. The topological polar surface area (TPSA) is 136 Å². The van der Waals surface area contributed by atoms with E-state index in [2.05, 4.69) is 10.6 Å². The average molecular weight is 316 g/mol. The molecule has 0 aromatic rings. The molecule has 22 heavy (non-hydrogen) atoms. The maximum absolute atomic E-state index is 11.8.